The number of nitrogens with two attached hydrogens (primary N) is 1. The zero-order valence-electron chi connectivity index (χ0n) is 9.55. The molecule has 0 atom stereocenters. The molecule has 90 valence electrons. The predicted octanol–water partition coefficient (Wildman–Crippen LogP) is 1.95. The Bertz CT molecular complexity index is 465. The molecule has 0 spiro atoms. The Hall–Kier alpha value is -2.01. The third-order valence-corrected chi connectivity index (χ3v) is 2.23. The number of nitrogen functional groups attached to an aromatic ring is 1. The zero-order chi connectivity index (χ0) is 12.1. The van der Waals surface area contributed by atoms with Gasteiger partial charge in [-0.25, -0.2) is 0 Å². The molecule has 0 fully saturated rings. The van der Waals surface area contributed by atoms with E-state index in [1.807, 2.05) is 24.3 Å². The predicted molar refractivity (Wildman–Crippen MR) is 63.7 cm³/mol. The van der Waals surface area contributed by atoms with Gasteiger partial charge < -0.3 is 19.6 Å². The molecule has 1 heterocycles. The number of hydrogen-bond donors (Lipinski definition) is 1. The van der Waals surface area contributed by atoms with E-state index in [9.17, 15) is 0 Å². The van der Waals surface area contributed by atoms with Crippen LogP contribution in [0.1, 0.15) is 0 Å². The van der Waals surface area contributed by atoms with Crippen molar-refractivity contribution in [3.05, 3.63) is 30.5 Å². The van der Waals surface area contributed by atoms with Gasteiger partial charge in [0, 0.05) is 12.7 Å². The molecular formula is C12H14N2O3. The molecule has 0 saturated carbocycles. The number of benzene rings is 1. The molecule has 2 aromatic rings. The SMILES string of the molecule is COCCOc1ccc(-c2coc(N)n2)cc1. The molecule has 0 unspecified atom stereocenters. The standard InChI is InChI=1S/C12H14N2O3/c1-15-6-7-16-10-4-2-9(3-5-10)11-8-17-12(13)14-11/h2-5,8H,6-7H2,1H3,(H2,13,14). The molecule has 0 aliphatic rings. The van der Waals surface area contributed by atoms with Crippen LogP contribution in [0.5, 0.6) is 5.75 Å². The number of nitrogens with zero attached hydrogens (tertiary/aromatic N) is 1. The van der Waals surface area contributed by atoms with E-state index in [4.69, 9.17) is 19.6 Å². The highest BCUT2D eigenvalue weighted by Gasteiger charge is 2.03. The molecule has 17 heavy (non-hydrogen) atoms. The van der Waals surface area contributed by atoms with E-state index in [2.05, 4.69) is 4.98 Å². The largest absolute Gasteiger partial charge is 0.491 e. The van der Waals surface area contributed by atoms with Crippen LogP contribution in [-0.2, 0) is 4.74 Å². The second-order valence-corrected chi connectivity index (χ2v) is 3.44. The van der Waals surface area contributed by atoms with E-state index in [1.165, 1.54) is 6.26 Å². The highest BCUT2D eigenvalue weighted by atomic mass is 16.5. The average molecular weight is 234 g/mol. The molecule has 0 bridgehead atoms. The average Bonchev–Trinajstić information content (AvgIpc) is 2.77. The van der Waals surface area contributed by atoms with Crippen LogP contribution < -0.4 is 10.5 Å². The molecule has 2 N–H and O–H groups in total. The van der Waals surface area contributed by atoms with Crippen LogP contribution in [0.4, 0.5) is 6.01 Å². The quantitative estimate of drug-likeness (QED) is 0.800. The van der Waals surface area contributed by atoms with Crippen molar-refractivity contribution < 1.29 is 13.9 Å². The van der Waals surface area contributed by atoms with E-state index < -0.39 is 0 Å². The molecule has 0 aliphatic heterocycles. The van der Waals surface area contributed by atoms with Crippen LogP contribution in [0.2, 0.25) is 0 Å². The molecule has 1 aromatic carbocycles. The molecule has 0 aliphatic carbocycles. The van der Waals surface area contributed by atoms with E-state index >= 15 is 0 Å². The van der Waals surface area contributed by atoms with Crippen molar-refractivity contribution in [3.8, 4) is 17.0 Å². The maximum absolute atomic E-state index is 5.45. The summed E-state index contributed by atoms with van der Waals surface area (Å²) < 4.78 is 15.3. The summed E-state index contributed by atoms with van der Waals surface area (Å²) in [6.45, 7) is 1.11. The minimum Gasteiger partial charge on any atom is -0.491 e. The Balaban J connectivity index is 2.02. The van der Waals surface area contributed by atoms with Crippen molar-refractivity contribution in [2.75, 3.05) is 26.1 Å². The van der Waals surface area contributed by atoms with E-state index in [0.29, 0.717) is 18.9 Å². The highest BCUT2D eigenvalue weighted by Crippen LogP contribution is 2.22. The van der Waals surface area contributed by atoms with Crippen molar-refractivity contribution in [1.29, 1.82) is 0 Å². The van der Waals surface area contributed by atoms with Crippen molar-refractivity contribution in [2.45, 2.75) is 0 Å². The van der Waals surface area contributed by atoms with E-state index in [1.54, 1.807) is 7.11 Å². The number of oxazole rings is 1. The first-order chi connectivity index (χ1) is 8.29. The number of aromatic nitrogens is 1. The van der Waals surface area contributed by atoms with Crippen molar-refractivity contribution >= 4 is 6.01 Å². The van der Waals surface area contributed by atoms with Crippen molar-refractivity contribution in [2.24, 2.45) is 0 Å². The maximum atomic E-state index is 5.45. The number of methoxy groups -OCH3 is 1. The Morgan fingerprint density at radius 1 is 1.24 bits per heavy atom. The number of ether oxygens (including phenoxy) is 2. The summed E-state index contributed by atoms with van der Waals surface area (Å²) in [7, 11) is 1.64. The summed E-state index contributed by atoms with van der Waals surface area (Å²) in [5.41, 5.74) is 7.06. The lowest BCUT2D eigenvalue weighted by Crippen LogP contribution is -2.03. The van der Waals surface area contributed by atoms with Gasteiger partial charge in [-0.15, -0.1) is 0 Å². The summed E-state index contributed by atoms with van der Waals surface area (Å²) in [6, 6.07) is 7.71. The molecule has 0 radical (unpaired) electrons. The van der Waals surface area contributed by atoms with Gasteiger partial charge in [0.05, 0.1) is 6.61 Å². The number of anilines is 1. The second-order valence-electron chi connectivity index (χ2n) is 3.44. The zero-order valence-corrected chi connectivity index (χ0v) is 9.55. The first kappa shape index (κ1) is 11.5. The summed E-state index contributed by atoms with van der Waals surface area (Å²) in [4.78, 5) is 4.04. The van der Waals surface area contributed by atoms with Crippen LogP contribution in [0.15, 0.2) is 34.9 Å². The topological polar surface area (TPSA) is 70.5 Å². The third kappa shape index (κ3) is 2.98. The number of rotatable bonds is 5. The lowest BCUT2D eigenvalue weighted by Gasteiger charge is -2.05. The molecule has 2 rings (SSSR count). The van der Waals surface area contributed by atoms with Gasteiger partial charge >= 0.3 is 0 Å². The first-order valence-electron chi connectivity index (χ1n) is 5.23. The summed E-state index contributed by atoms with van der Waals surface area (Å²) >= 11 is 0. The fraction of sp³-hybridized carbons (Fsp3) is 0.250. The Kier molecular flexibility index (Phi) is 3.62. The minimum absolute atomic E-state index is 0.167. The first-order valence-corrected chi connectivity index (χ1v) is 5.23. The molecule has 1 aromatic heterocycles. The molecule has 5 heteroatoms. The van der Waals surface area contributed by atoms with Crippen LogP contribution in [0.3, 0.4) is 0 Å². The Morgan fingerprint density at radius 3 is 2.59 bits per heavy atom. The van der Waals surface area contributed by atoms with Gasteiger partial charge in [-0.2, -0.15) is 4.98 Å². The molecule has 5 nitrogen and oxygen atoms in total. The number of hydrogen-bond acceptors (Lipinski definition) is 5. The molecule has 0 amide bonds. The van der Waals surface area contributed by atoms with Gasteiger partial charge in [0.15, 0.2) is 0 Å². The Morgan fingerprint density at radius 2 is 2.00 bits per heavy atom. The fourth-order valence-electron chi connectivity index (χ4n) is 1.38. The van der Waals surface area contributed by atoms with Gasteiger partial charge in [-0.05, 0) is 24.3 Å². The molecule has 0 saturated heterocycles. The second kappa shape index (κ2) is 5.36. The van der Waals surface area contributed by atoms with Gasteiger partial charge in [0.1, 0.15) is 24.3 Å². The fourth-order valence-corrected chi connectivity index (χ4v) is 1.38. The molecular weight excluding hydrogens is 220 g/mol. The maximum Gasteiger partial charge on any atom is 0.292 e. The van der Waals surface area contributed by atoms with Gasteiger partial charge in [0.2, 0.25) is 0 Å². The van der Waals surface area contributed by atoms with Gasteiger partial charge in [0.25, 0.3) is 6.01 Å². The van der Waals surface area contributed by atoms with E-state index in [0.717, 1.165) is 11.3 Å². The minimum atomic E-state index is 0.167. The van der Waals surface area contributed by atoms with Crippen LogP contribution in [-0.4, -0.2) is 25.3 Å². The van der Waals surface area contributed by atoms with Crippen molar-refractivity contribution in [3.63, 3.8) is 0 Å². The van der Waals surface area contributed by atoms with Gasteiger partial charge in [-0.3, -0.25) is 0 Å². The summed E-state index contributed by atoms with van der Waals surface area (Å²) in [5, 5.41) is 0. The monoisotopic (exact) mass is 234 g/mol. The summed E-state index contributed by atoms with van der Waals surface area (Å²) in [6.07, 6.45) is 1.52. The van der Waals surface area contributed by atoms with Gasteiger partial charge in [-0.1, -0.05) is 0 Å². The lowest BCUT2D eigenvalue weighted by atomic mass is 10.2. The smallest absolute Gasteiger partial charge is 0.292 e. The normalized spacial score (nSPS) is 10.4. The van der Waals surface area contributed by atoms with Crippen LogP contribution >= 0.6 is 0 Å². The van der Waals surface area contributed by atoms with E-state index in [-0.39, 0.29) is 6.01 Å². The van der Waals surface area contributed by atoms with Crippen molar-refractivity contribution in [1.82, 2.24) is 4.98 Å². The van der Waals surface area contributed by atoms with Crippen LogP contribution in [0, 0.1) is 0 Å². The third-order valence-electron chi connectivity index (χ3n) is 2.23. The lowest BCUT2D eigenvalue weighted by molar-refractivity contribution is 0.146. The highest BCUT2D eigenvalue weighted by molar-refractivity contribution is 5.59. The summed E-state index contributed by atoms with van der Waals surface area (Å²) in [5.74, 6) is 0.794. The Labute approximate surface area is 99.2 Å². The van der Waals surface area contributed by atoms with Crippen LogP contribution in [0.25, 0.3) is 11.3 Å².